The minimum absolute atomic E-state index is 0.243. The van der Waals surface area contributed by atoms with Crippen LogP contribution in [0.2, 0.25) is 0 Å². The first-order valence-corrected chi connectivity index (χ1v) is 4.89. The van der Waals surface area contributed by atoms with E-state index in [9.17, 15) is 4.39 Å². The van der Waals surface area contributed by atoms with Crippen LogP contribution >= 0.6 is 34.4 Å². The molecule has 0 saturated carbocycles. The van der Waals surface area contributed by atoms with Gasteiger partial charge in [0.2, 0.25) is 0 Å². The van der Waals surface area contributed by atoms with Gasteiger partial charge in [0.15, 0.2) is 5.82 Å². The van der Waals surface area contributed by atoms with E-state index in [1.165, 1.54) is 17.8 Å². The molecule has 0 saturated heterocycles. The van der Waals surface area contributed by atoms with Crippen LogP contribution in [0.25, 0.3) is 0 Å². The summed E-state index contributed by atoms with van der Waals surface area (Å²) in [6.45, 7) is 0. The Balaban J connectivity index is 3.04. The third-order valence-electron chi connectivity index (χ3n) is 1.01. The van der Waals surface area contributed by atoms with Gasteiger partial charge >= 0.3 is 0 Å². The van der Waals surface area contributed by atoms with Gasteiger partial charge in [-0.1, -0.05) is 0 Å². The Kier molecular flexibility index (Phi) is 2.91. The first-order chi connectivity index (χ1) is 4.74. The van der Waals surface area contributed by atoms with E-state index >= 15 is 0 Å². The van der Waals surface area contributed by atoms with Crippen molar-refractivity contribution in [2.75, 3.05) is 6.26 Å². The van der Waals surface area contributed by atoms with Crippen molar-refractivity contribution in [3.05, 3.63) is 21.8 Å². The maximum absolute atomic E-state index is 12.7. The predicted octanol–water partition coefficient (Wildman–Crippen LogP) is 2.55. The van der Waals surface area contributed by atoms with E-state index < -0.39 is 0 Å². The maximum atomic E-state index is 12.7. The van der Waals surface area contributed by atoms with Crippen LogP contribution in [0.1, 0.15) is 0 Å². The molecule has 1 aromatic rings. The van der Waals surface area contributed by atoms with E-state index in [1.54, 1.807) is 6.20 Å². The number of rotatable bonds is 1. The summed E-state index contributed by atoms with van der Waals surface area (Å²) < 4.78 is 13.1. The Labute approximate surface area is 76.6 Å². The van der Waals surface area contributed by atoms with Crippen LogP contribution in [0.5, 0.6) is 0 Å². The molecule has 4 heteroatoms. The summed E-state index contributed by atoms with van der Waals surface area (Å²) in [5, 5.41) is 0. The molecule has 0 radical (unpaired) electrons. The normalized spacial score (nSPS) is 9.90. The average Bonchev–Trinajstić information content (AvgIpc) is 1.95. The first-order valence-electron chi connectivity index (χ1n) is 2.59. The fourth-order valence-corrected chi connectivity index (χ4v) is 1.19. The molecule has 0 aliphatic carbocycles. The van der Waals surface area contributed by atoms with Crippen molar-refractivity contribution in [2.45, 2.75) is 4.90 Å². The summed E-state index contributed by atoms with van der Waals surface area (Å²) in [4.78, 5) is 4.70. The highest BCUT2D eigenvalue weighted by molar-refractivity contribution is 14.1. The van der Waals surface area contributed by atoms with Gasteiger partial charge in [0.25, 0.3) is 0 Å². The van der Waals surface area contributed by atoms with Crippen molar-refractivity contribution >= 4 is 34.4 Å². The zero-order chi connectivity index (χ0) is 7.56. The lowest BCUT2D eigenvalue weighted by Crippen LogP contribution is -1.86. The number of hydrogen-bond donors (Lipinski definition) is 0. The number of aromatic nitrogens is 1. The second kappa shape index (κ2) is 3.52. The largest absolute Gasteiger partial charge is 0.246 e. The molecule has 0 spiro atoms. The molecule has 0 atom stereocenters. The van der Waals surface area contributed by atoms with E-state index in [2.05, 4.69) is 4.98 Å². The number of pyridine rings is 1. The molecule has 0 N–H and O–H groups in total. The Morgan fingerprint density at radius 3 is 2.90 bits per heavy atom. The van der Waals surface area contributed by atoms with Crippen LogP contribution in [0.3, 0.4) is 0 Å². The number of nitrogens with zero attached hydrogens (tertiary/aromatic N) is 1. The molecule has 0 aliphatic heterocycles. The number of thioether (sulfide) groups is 1. The molecule has 1 rings (SSSR count). The zero-order valence-electron chi connectivity index (χ0n) is 5.27. The second-order valence-electron chi connectivity index (χ2n) is 1.65. The minimum atomic E-state index is -0.243. The number of halogens is 2. The summed E-state index contributed by atoms with van der Waals surface area (Å²) in [6.07, 6.45) is 3.55. The van der Waals surface area contributed by atoms with Crippen LogP contribution in [0, 0.1) is 9.52 Å². The fraction of sp³-hybridized carbons (Fsp3) is 0.167. The number of hydrogen-bond acceptors (Lipinski definition) is 2. The Hall–Kier alpha value is 0.160. The molecule has 0 amide bonds. The highest BCUT2D eigenvalue weighted by Gasteiger charge is 1.99. The minimum Gasteiger partial charge on any atom is -0.246 e. The van der Waals surface area contributed by atoms with E-state index in [4.69, 9.17) is 0 Å². The molecule has 0 aromatic carbocycles. The summed E-state index contributed by atoms with van der Waals surface area (Å²) in [5.74, 6) is -0.243. The molecule has 0 fully saturated rings. The molecule has 0 aliphatic rings. The molecular formula is C6H5FINS. The van der Waals surface area contributed by atoms with E-state index in [-0.39, 0.29) is 5.82 Å². The topological polar surface area (TPSA) is 12.9 Å². The van der Waals surface area contributed by atoms with Gasteiger partial charge < -0.3 is 0 Å². The summed E-state index contributed by atoms with van der Waals surface area (Å²) >= 11 is 3.35. The van der Waals surface area contributed by atoms with Gasteiger partial charge in [-0.2, -0.15) is 0 Å². The van der Waals surface area contributed by atoms with Gasteiger partial charge in [-0.05, 0) is 34.9 Å². The smallest absolute Gasteiger partial charge is 0.156 e. The standard InChI is InChI=1S/C6H5FINS/c1-10-4-2-5(7)6(8)9-3-4/h2-3H,1H3. The van der Waals surface area contributed by atoms with Gasteiger partial charge in [0, 0.05) is 11.1 Å². The lowest BCUT2D eigenvalue weighted by molar-refractivity contribution is 0.607. The van der Waals surface area contributed by atoms with Crippen LogP contribution in [0.4, 0.5) is 4.39 Å². The van der Waals surface area contributed by atoms with Crippen LogP contribution in [0.15, 0.2) is 17.2 Å². The van der Waals surface area contributed by atoms with Gasteiger partial charge in [-0.15, -0.1) is 11.8 Å². The second-order valence-corrected chi connectivity index (χ2v) is 3.55. The molecule has 0 bridgehead atoms. The summed E-state index contributed by atoms with van der Waals surface area (Å²) in [7, 11) is 0. The third kappa shape index (κ3) is 1.82. The summed E-state index contributed by atoms with van der Waals surface area (Å²) in [6, 6.07) is 1.49. The lowest BCUT2D eigenvalue weighted by atomic mass is 10.5. The quantitative estimate of drug-likeness (QED) is 0.441. The van der Waals surface area contributed by atoms with Gasteiger partial charge in [0.05, 0.1) is 0 Å². The molecule has 0 unspecified atom stereocenters. The van der Waals surface area contributed by atoms with Crippen LogP contribution < -0.4 is 0 Å². The Bertz CT molecular complexity index is 241. The lowest BCUT2D eigenvalue weighted by Gasteiger charge is -1.95. The molecule has 1 nitrogen and oxygen atoms in total. The SMILES string of the molecule is CSc1cnc(I)c(F)c1. The molecule has 1 heterocycles. The maximum Gasteiger partial charge on any atom is 0.156 e. The highest BCUT2D eigenvalue weighted by Crippen LogP contribution is 2.16. The van der Waals surface area contributed by atoms with Gasteiger partial charge in [-0.3, -0.25) is 0 Å². The van der Waals surface area contributed by atoms with Crippen molar-refractivity contribution < 1.29 is 4.39 Å². The van der Waals surface area contributed by atoms with E-state index in [0.717, 1.165) is 4.90 Å². The van der Waals surface area contributed by atoms with Gasteiger partial charge in [-0.25, -0.2) is 9.37 Å². The third-order valence-corrected chi connectivity index (χ3v) is 2.50. The molecule has 54 valence electrons. The van der Waals surface area contributed by atoms with Crippen LogP contribution in [-0.2, 0) is 0 Å². The van der Waals surface area contributed by atoms with Crippen molar-refractivity contribution in [2.24, 2.45) is 0 Å². The van der Waals surface area contributed by atoms with Crippen molar-refractivity contribution in [1.82, 2.24) is 4.98 Å². The zero-order valence-corrected chi connectivity index (χ0v) is 8.24. The van der Waals surface area contributed by atoms with Gasteiger partial charge in [0.1, 0.15) is 3.70 Å². The molecule has 1 aromatic heterocycles. The van der Waals surface area contributed by atoms with Crippen molar-refractivity contribution in [1.29, 1.82) is 0 Å². The highest BCUT2D eigenvalue weighted by atomic mass is 127. The summed E-state index contributed by atoms with van der Waals surface area (Å²) in [5.41, 5.74) is 0. The van der Waals surface area contributed by atoms with Crippen molar-refractivity contribution in [3.8, 4) is 0 Å². The van der Waals surface area contributed by atoms with E-state index in [0.29, 0.717) is 3.70 Å². The monoisotopic (exact) mass is 269 g/mol. The predicted molar refractivity (Wildman–Crippen MR) is 48.7 cm³/mol. The van der Waals surface area contributed by atoms with Crippen LogP contribution in [-0.4, -0.2) is 11.2 Å². The van der Waals surface area contributed by atoms with Crippen molar-refractivity contribution in [3.63, 3.8) is 0 Å². The molecular weight excluding hydrogens is 264 g/mol. The first kappa shape index (κ1) is 8.26. The molecule has 10 heavy (non-hydrogen) atoms. The van der Waals surface area contributed by atoms with E-state index in [1.807, 2.05) is 28.8 Å². The fourth-order valence-electron chi connectivity index (χ4n) is 0.515. The average molecular weight is 269 g/mol. The Morgan fingerprint density at radius 1 is 1.70 bits per heavy atom. The Morgan fingerprint density at radius 2 is 2.40 bits per heavy atom.